The van der Waals surface area contributed by atoms with E-state index >= 15 is 0 Å². The van der Waals surface area contributed by atoms with Crippen molar-refractivity contribution in [1.82, 2.24) is 15.2 Å². The lowest BCUT2D eigenvalue weighted by atomic mass is 10.1. The summed E-state index contributed by atoms with van der Waals surface area (Å²) in [4.78, 5) is 19.5. The maximum atomic E-state index is 13.2. The second kappa shape index (κ2) is 9.34. The Hall–Kier alpha value is -3.13. The molecule has 1 atom stereocenters. The number of anilines is 1. The molecule has 0 N–H and O–H groups in total. The molecule has 0 aliphatic carbocycles. The van der Waals surface area contributed by atoms with Gasteiger partial charge in [-0.3, -0.25) is 9.69 Å². The third-order valence-corrected chi connectivity index (χ3v) is 5.56. The number of carbonyl (C=O) groups excluding carboxylic acids is 1. The summed E-state index contributed by atoms with van der Waals surface area (Å²) in [7, 11) is 0. The minimum atomic E-state index is -0.756. The molecule has 2 aromatic carbocycles. The van der Waals surface area contributed by atoms with Crippen molar-refractivity contribution in [1.29, 1.82) is 0 Å². The van der Waals surface area contributed by atoms with E-state index in [1.807, 2.05) is 69.3 Å². The molecule has 7 nitrogen and oxygen atoms in total. The Morgan fingerprint density at radius 1 is 1.10 bits per heavy atom. The molecule has 0 radical (unpaired) electrons. The van der Waals surface area contributed by atoms with Crippen LogP contribution < -0.4 is 14.4 Å². The number of benzene rings is 2. The Balaban J connectivity index is 1.96. The first-order valence-corrected chi connectivity index (χ1v) is 11.3. The van der Waals surface area contributed by atoms with Crippen LogP contribution in [0.25, 0.3) is 11.3 Å². The van der Waals surface area contributed by atoms with Crippen molar-refractivity contribution in [3.8, 4) is 22.9 Å². The zero-order chi connectivity index (χ0) is 21.8. The maximum absolute atomic E-state index is 13.2. The molecule has 0 bridgehead atoms. The molecule has 0 saturated carbocycles. The summed E-state index contributed by atoms with van der Waals surface area (Å²) in [5.74, 6) is 1.75. The van der Waals surface area contributed by atoms with Crippen molar-refractivity contribution in [2.24, 2.45) is 0 Å². The number of ether oxygens (including phenoxy) is 2. The quantitative estimate of drug-likeness (QED) is 0.510. The first-order chi connectivity index (χ1) is 15.2. The van der Waals surface area contributed by atoms with E-state index in [2.05, 4.69) is 15.2 Å². The Morgan fingerprint density at radius 2 is 1.87 bits per heavy atom. The van der Waals surface area contributed by atoms with Crippen molar-refractivity contribution in [2.45, 2.75) is 38.6 Å². The van der Waals surface area contributed by atoms with Crippen LogP contribution in [0.15, 0.2) is 53.7 Å². The molecular formula is C23H24N4O3S. The molecule has 0 fully saturated rings. The summed E-state index contributed by atoms with van der Waals surface area (Å²) < 4.78 is 12.3. The van der Waals surface area contributed by atoms with Crippen LogP contribution in [0.1, 0.15) is 39.0 Å². The molecular weight excluding hydrogens is 412 g/mol. The zero-order valence-electron chi connectivity index (χ0n) is 17.7. The second-order valence-corrected chi connectivity index (χ2v) is 7.99. The number of aromatic nitrogens is 3. The van der Waals surface area contributed by atoms with Crippen LogP contribution in [0, 0.1) is 0 Å². The summed E-state index contributed by atoms with van der Waals surface area (Å²) in [6.45, 7) is 6.29. The molecule has 1 aliphatic heterocycles. The van der Waals surface area contributed by atoms with E-state index in [1.165, 1.54) is 11.8 Å². The molecule has 3 aromatic rings. The molecule has 0 spiro atoms. The van der Waals surface area contributed by atoms with E-state index in [9.17, 15) is 4.79 Å². The molecule has 1 aromatic heterocycles. The number of hydrogen-bond acceptors (Lipinski definition) is 7. The van der Waals surface area contributed by atoms with Crippen molar-refractivity contribution >= 4 is 23.4 Å². The van der Waals surface area contributed by atoms with Crippen LogP contribution >= 0.6 is 11.8 Å². The molecule has 4 rings (SSSR count). The highest BCUT2D eigenvalue weighted by Crippen LogP contribution is 2.45. The van der Waals surface area contributed by atoms with Crippen LogP contribution in [0.4, 0.5) is 5.69 Å². The smallest absolute Gasteiger partial charge is 0.247 e. The Bertz CT molecular complexity index is 1090. The average molecular weight is 437 g/mol. The first-order valence-electron chi connectivity index (χ1n) is 10.3. The van der Waals surface area contributed by atoms with Crippen molar-refractivity contribution in [3.05, 3.63) is 54.1 Å². The van der Waals surface area contributed by atoms with Gasteiger partial charge in [-0.2, -0.15) is 4.98 Å². The summed E-state index contributed by atoms with van der Waals surface area (Å²) in [5, 5.41) is 9.20. The second-order valence-electron chi connectivity index (χ2n) is 6.76. The van der Waals surface area contributed by atoms with Crippen molar-refractivity contribution in [2.75, 3.05) is 17.3 Å². The fourth-order valence-electron chi connectivity index (χ4n) is 3.52. The number of rotatable bonds is 6. The van der Waals surface area contributed by atoms with Gasteiger partial charge in [0.1, 0.15) is 5.75 Å². The zero-order valence-corrected chi connectivity index (χ0v) is 18.6. The lowest BCUT2D eigenvalue weighted by Gasteiger charge is -2.31. The standard InChI is InChI=1S/C23H24N4O3S/c1-4-19(28)27-17-13-9-7-11-15(17)20-21(24-23(26-25-20)31-6-3)30-22(27)16-12-8-10-14-18(16)29-5-2/h7-14,22H,4-6H2,1-3H3/t22-/m1/s1. The Kier molecular flexibility index (Phi) is 6.36. The van der Waals surface area contributed by atoms with Crippen LogP contribution in [0.2, 0.25) is 0 Å². The van der Waals surface area contributed by atoms with Crippen LogP contribution in [0.3, 0.4) is 0 Å². The van der Waals surface area contributed by atoms with Crippen molar-refractivity contribution in [3.63, 3.8) is 0 Å². The fraction of sp³-hybridized carbons (Fsp3) is 0.304. The van der Waals surface area contributed by atoms with E-state index in [4.69, 9.17) is 9.47 Å². The predicted octanol–water partition coefficient (Wildman–Crippen LogP) is 4.88. The van der Waals surface area contributed by atoms with Gasteiger partial charge in [0.15, 0.2) is 5.69 Å². The largest absolute Gasteiger partial charge is 0.493 e. The highest BCUT2D eigenvalue weighted by molar-refractivity contribution is 7.99. The topological polar surface area (TPSA) is 77.4 Å². The molecule has 0 saturated heterocycles. The molecule has 1 amide bonds. The molecule has 160 valence electrons. The van der Waals surface area contributed by atoms with Crippen molar-refractivity contribution < 1.29 is 14.3 Å². The van der Waals surface area contributed by atoms with Gasteiger partial charge in [-0.05, 0) is 30.9 Å². The molecule has 31 heavy (non-hydrogen) atoms. The number of nitrogens with zero attached hydrogens (tertiary/aromatic N) is 4. The van der Waals surface area contributed by atoms with E-state index in [0.29, 0.717) is 41.2 Å². The minimum absolute atomic E-state index is 0.0762. The molecule has 0 unspecified atom stereocenters. The van der Waals surface area contributed by atoms with Gasteiger partial charge in [0.05, 0.1) is 17.9 Å². The van der Waals surface area contributed by atoms with Gasteiger partial charge in [0.25, 0.3) is 0 Å². The number of para-hydroxylation sites is 2. The van der Waals surface area contributed by atoms with Gasteiger partial charge in [0.2, 0.25) is 23.2 Å². The van der Waals surface area contributed by atoms with Gasteiger partial charge in [-0.25, -0.2) is 0 Å². The summed E-state index contributed by atoms with van der Waals surface area (Å²) in [5.41, 5.74) is 2.72. The van der Waals surface area contributed by atoms with Crippen LogP contribution in [0.5, 0.6) is 11.6 Å². The third kappa shape index (κ3) is 4.07. The highest BCUT2D eigenvalue weighted by atomic mass is 32.2. The van der Waals surface area contributed by atoms with Gasteiger partial charge in [0, 0.05) is 12.0 Å². The first kappa shape index (κ1) is 21.1. The third-order valence-electron chi connectivity index (χ3n) is 4.84. The number of carbonyl (C=O) groups is 1. The summed E-state index contributed by atoms with van der Waals surface area (Å²) in [6.07, 6.45) is -0.439. The summed E-state index contributed by atoms with van der Waals surface area (Å²) in [6, 6.07) is 15.2. The molecule has 1 aliphatic rings. The van der Waals surface area contributed by atoms with Gasteiger partial charge in [-0.15, -0.1) is 10.2 Å². The van der Waals surface area contributed by atoms with Gasteiger partial charge < -0.3 is 9.47 Å². The van der Waals surface area contributed by atoms with Crippen LogP contribution in [-0.2, 0) is 4.79 Å². The fourth-order valence-corrected chi connectivity index (χ4v) is 4.02. The predicted molar refractivity (Wildman–Crippen MR) is 120 cm³/mol. The highest BCUT2D eigenvalue weighted by Gasteiger charge is 2.36. The lowest BCUT2D eigenvalue weighted by Crippen LogP contribution is -2.37. The van der Waals surface area contributed by atoms with Gasteiger partial charge in [-0.1, -0.05) is 55.9 Å². The monoisotopic (exact) mass is 436 g/mol. The normalized spacial score (nSPS) is 14.8. The SMILES string of the molecule is CCOc1ccccc1[C@H]1Oc2nc(SCC)nnc2-c2ccccc2N1C(=O)CC. The van der Waals surface area contributed by atoms with E-state index in [1.54, 1.807) is 4.90 Å². The maximum Gasteiger partial charge on any atom is 0.247 e. The summed E-state index contributed by atoms with van der Waals surface area (Å²) >= 11 is 1.49. The van der Waals surface area contributed by atoms with Gasteiger partial charge >= 0.3 is 0 Å². The minimum Gasteiger partial charge on any atom is -0.493 e. The number of amides is 1. The van der Waals surface area contributed by atoms with E-state index in [-0.39, 0.29) is 5.91 Å². The Labute approximate surface area is 185 Å². The van der Waals surface area contributed by atoms with E-state index in [0.717, 1.165) is 16.9 Å². The molecule has 2 heterocycles. The van der Waals surface area contributed by atoms with Crippen LogP contribution in [-0.4, -0.2) is 33.4 Å². The molecule has 8 heteroatoms. The number of thioether (sulfide) groups is 1. The Morgan fingerprint density at radius 3 is 2.65 bits per heavy atom. The van der Waals surface area contributed by atoms with E-state index < -0.39 is 6.23 Å². The lowest BCUT2D eigenvalue weighted by molar-refractivity contribution is -0.120. The number of fused-ring (bicyclic) bond motifs is 3. The number of hydrogen-bond donors (Lipinski definition) is 0. The average Bonchev–Trinajstić information content (AvgIpc) is 2.94.